The Bertz CT molecular complexity index is 714. The second-order valence-electron chi connectivity index (χ2n) is 7.46. The second kappa shape index (κ2) is 11.4. The number of rotatable bonds is 8. The molecular formula is C22H32IN5. The SMILES string of the molecule is CC(NC1(CN=C(N)NCCc2ccccn2)CCCC1)c1ccccc1.I. The lowest BCUT2D eigenvalue weighted by atomic mass is 9.95. The Morgan fingerprint density at radius 1 is 1.14 bits per heavy atom. The Kier molecular flexibility index (Phi) is 9.18. The van der Waals surface area contributed by atoms with Crippen molar-refractivity contribution in [3.05, 3.63) is 66.0 Å². The van der Waals surface area contributed by atoms with Gasteiger partial charge in [-0.3, -0.25) is 9.98 Å². The van der Waals surface area contributed by atoms with Crippen molar-refractivity contribution in [2.45, 2.75) is 50.6 Å². The number of nitrogens with one attached hydrogen (secondary N) is 2. The third-order valence-corrected chi connectivity index (χ3v) is 5.35. The number of benzene rings is 1. The third-order valence-electron chi connectivity index (χ3n) is 5.35. The molecule has 1 saturated carbocycles. The summed E-state index contributed by atoms with van der Waals surface area (Å²) in [5, 5.41) is 7.06. The van der Waals surface area contributed by atoms with Crippen molar-refractivity contribution in [3.63, 3.8) is 0 Å². The van der Waals surface area contributed by atoms with Crippen LogP contribution >= 0.6 is 24.0 Å². The smallest absolute Gasteiger partial charge is 0.188 e. The van der Waals surface area contributed by atoms with Crippen LogP contribution in [0.4, 0.5) is 0 Å². The van der Waals surface area contributed by atoms with E-state index in [9.17, 15) is 0 Å². The first-order valence-electron chi connectivity index (χ1n) is 9.93. The van der Waals surface area contributed by atoms with Crippen LogP contribution in [0.2, 0.25) is 0 Å². The highest BCUT2D eigenvalue weighted by molar-refractivity contribution is 14.0. The van der Waals surface area contributed by atoms with Gasteiger partial charge in [0.2, 0.25) is 0 Å². The molecule has 152 valence electrons. The van der Waals surface area contributed by atoms with Crippen molar-refractivity contribution >= 4 is 29.9 Å². The second-order valence-corrected chi connectivity index (χ2v) is 7.46. The fourth-order valence-corrected chi connectivity index (χ4v) is 3.84. The minimum absolute atomic E-state index is 0. The number of nitrogens with two attached hydrogens (primary N) is 1. The molecule has 0 radical (unpaired) electrons. The standard InChI is InChI=1S/C22H31N5.HI/c1-18(19-9-3-2-4-10-19)27-22(13-6-7-14-22)17-26-21(23)25-16-12-20-11-5-8-15-24-20;/h2-5,8-11,15,18,27H,6-7,12-14,16-17H2,1H3,(H3,23,25,26);1H. The summed E-state index contributed by atoms with van der Waals surface area (Å²) in [6, 6.07) is 16.9. The van der Waals surface area contributed by atoms with Gasteiger partial charge in [0, 0.05) is 36.4 Å². The third kappa shape index (κ3) is 6.74. The zero-order valence-electron chi connectivity index (χ0n) is 16.6. The predicted octanol–water partition coefficient (Wildman–Crippen LogP) is 3.81. The normalized spacial score (nSPS) is 17.0. The van der Waals surface area contributed by atoms with Crippen LogP contribution < -0.4 is 16.4 Å². The Morgan fingerprint density at radius 3 is 2.54 bits per heavy atom. The Labute approximate surface area is 185 Å². The van der Waals surface area contributed by atoms with E-state index in [1.807, 2.05) is 24.4 Å². The van der Waals surface area contributed by atoms with Crippen LogP contribution in [0, 0.1) is 0 Å². The van der Waals surface area contributed by atoms with Gasteiger partial charge in [-0.15, -0.1) is 24.0 Å². The summed E-state index contributed by atoms with van der Waals surface area (Å²) < 4.78 is 0. The quantitative estimate of drug-likeness (QED) is 0.297. The molecule has 4 N–H and O–H groups in total. The summed E-state index contributed by atoms with van der Waals surface area (Å²) in [4.78, 5) is 8.98. The number of nitrogens with zero attached hydrogens (tertiary/aromatic N) is 2. The molecule has 1 aliphatic rings. The molecule has 0 spiro atoms. The Hall–Kier alpha value is -1.67. The van der Waals surface area contributed by atoms with Gasteiger partial charge in [-0.1, -0.05) is 49.2 Å². The molecule has 0 amide bonds. The van der Waals surface area contributed by atoms with Gasteiger partial charge in [-0.2, -0.15) is 0 Å². The first kappa shape index (κ1) is 22.6. The zero-order chi connectivity index (χ0) is 19.0. The highest BCUT2D eigenvalue weighted by Crippen LogP contribution is 2.32. The first-order valence-corrected chi connectivity index (χ1v) is 9.93. The number of guanidine groups is 1. The van der Waals surface area contributed by atoms with E-state index < -0.39 is 0 Å². The fraction of sp³-hybridized carbons (Fsp3) is 0.455. The van der Waals surface area contributed by atoms with Crippen LogP contribution in [0.3, 0.4) is 0 Å². The molecule has 5 nitrogen and oxygen atoms in total. The summed E-state index contributed by atoms with van der Waals surface area (Å²) in [6.45, 7) is 3.69. The molecule has 1 unspecified atom stereocenters. The van der Waals surface area contributed by atoms with E-state index in [-0.39, 0.29) is 29.5 Å². The van der Waals surface area contributed by atoms with Crippen molar-refractivity contribution < 1.29 is 0 Å². The van der Waals surface area contributed by atoms with Crippen LogP contribution in [-0.2, 0) is 6.42 Å². The van der Waals surface area contributed by atoms with Crippen molar-refractivity contribution in [1.29, 1.82) is 0 Å². The molecule has 28 heavy (non-hydrogen) atoms. The van der Waals surface area contributed by atoms with Crippen LogP contribution in [0.25, 0.3) is 0 Å². The summed E-state index contributed by atoms with van der Waals surface area (Å²) >= 11 is 0. The Morgan fingerprint density at radius 2 is 1.86 bits per heavy atom. The predicted molar refractivity (Wildman–Crippen MR) is 127 cm³/mol. The van der Waals surface area contributed by atoms with E-state index in [2.05, 4.69) is 57.9 Å². The van der Waals surface area contributed by atoms with Crippen LogP contribution in [-0.4, -0.2) is 29.6 Å². The zero-order valence-corrected chi connectivity index (χ0v) is 18.9. The molecule has 1 heterocycles. The number of pyridine rings is 1. The number of hydrogen-bond donors (Lipinski definition) is 3. The van der Waals surface area contributed by atoms with Crippen molar-refractivity contribution in [2.75, 3.05) is 13.1 Å². The summed E-state index contributed by atoms with van der Waals surface area (Å²) in [5.74, 6) is 0.520. The van der Waals surface area contributed by atoms with Crippen molar-refractivity contribution in [3.8, 4) is 0 Å². The van der Waals surface area contributed by atoms with E-state index in [4.69, 9.17) is 5.73 Å². The number of hydrogen-bond acceptors (Lipinski definition) is 3. The topological polar surface area (TPSA) is 75.3 Å². The molecule has 0 bridgehead atoms. The maximum absolute atomic E-state index is 6.11. The van der Waals surface area contributed by atoms with E-state index in [0.717, 1.165) is 31.5 Å². The number of halogens is 1. The lowest BCUT2D eigenvalue weighted by Gasteiger charge is -2.33. The van der Waals surface area contributed by atoms with Gasteiger partial charge in [-0.25, -0.2) is 0 Å². The lowest BCUT2D eigenvalue weighted by Crippen LogP contribution is -2.47. The van der Waals surface area contributed by atoms with Gasteiger partial charge in [0.1, 0.15) is 0 Å². The van der Waals surface area contributed by atoms with Crippen LogP contribution in [0.1, 0.15) is 49.9 Å². The van der Waals surface area contributed by atoms with Crippen molar-refractivity contribution in [1.82, 2.24) is 15.6 Å². The summed E-state index contributed by atoms with van der Waals surface area (Å²) in [7, 11) is 0. The van der Waals surface area contributed by atoms with Crippen LogP contribution in [0.5, 0.6) is 0 Å². The van der Waals surface area contributed by atoms with Crippen molar-refractivity contribution in [2.24, 2.45) is 10.7 Å². The molecular weight excluding hydrogens is 461 g/mol. The average molecular weight is 493 g/mol. The number of aromatic nitrogens is 1. The average Bonchev–Trinajstić information content (AvgIpc) is 3.17. The molecule has 1 aromatic carbocycles. The maximum atomic E-state index is 6.11. The first-order chi connectivity index (χ1) is 13.2. The molecule has 1 fully saturated rings. The molecule has 0 saturated heterocycles. The van der Waals surface area contributed by atoms with E-state index in [1.165, 1.54) is 18.4 Å². The largest absolute Gasteiger partial charge is 0.370 e. The molecule has 3 rings (SSSR count). The monoisotopic (exact) mass is 493 g/mol. The van der Waals surface area contributed by atoms with Gasteiger partial charge < -0.3 is 16.4 Å². The summed E-state index contributed by atoms with van der Waals surface area (Å²) in [6.07, 6.45) is 7.44. The summed E-state index contributed by atoms with van der Waals surface area (Å²) in [5.41, 5.74) is 8.52. The van der Waals surface area contributed by atoms with Gasteiger partial charge in [0.05, 0.1) is 6.54 Å². The highest BCUT2D eigenvalue weighted by atomic mass is 127. The fourth-order valence-electron chi connectivity index (χ4n) is 3.84. The molecule has 1 aromatic heterocycles. The highest BCUT2D eigenvalue weighted by Gasteiger charge is 2.34. The molecule has 2 aromatic rings. The molecule has 1 atom stereocenters. The molecule has 0 aliphatic heterocycles. The van der Waals surface area contributed by atoms with E-state index in [0.29, 0.717) is 18.5 Å². The lowest BCUT2D eigenvalue weighted by molar-refractivity contribution is 0.307. The van der Waals surface area contributed by atoms with Gasteiger partial charge >= 0.3 is 0 Å². The molecule has 6 heteroatoms. The minimum Gasteiger partial charge on any atom is -0.370 e. The van der Waals surface area contributed by atoms with Gasteiger partial charge in [0.25, 0.3) is 0 Å². The van der Waals surface area contributed by atoms with Crippen LogP contribution in [0.15, 0.2) is 59.7 Å². The van der Waals surface area contributed by atoms with E-state index >= 15 is 0 Å². The number of aliphatic imine (C=N–C) groups is 1. The Balaban J connectivity index is 0.00000280. The molecule has 1 aliphatic carbocycles. The van der Waals surface area contributed by atoms with Gasteiger partial charge in [0.15, 0.2) is 5.96 Å². The minimum atomic E-state index is 0. The van der Waals surface area contributed by atoms with Gasteiger partial charge in [-0.05, 0) is 37.5 Å². The maximum Gasteiger partial charge on any atom is 0.188 e. The van der Waals surface area contributed by atoms with E-state index in [1.54, 1.807) is 0 Å².